The van der Waals surface area contributed by atoms with Gasteiger partial charge in [-0.25, -0.2) is 0 Å². The van der Waals surface area contributed by atoms with E-state index in [0.717, 1.165) is 4.57 Å². The smallest absolute Gasteiger partial charge is 0.323 e. The molecule has 0 amide bonds. The first-order valence-corrected chi connectivity index (χ1v) is 6.82. The number of carboxylic acids is 1. The zero-order chi connectivity index (χ0) is 16.7. The van der Waals surface area contributed by atoms with Gasteiger partial charge in [0.1, 0.15) is 6.54 Å². The Morgan fingerprint density at radius 3 is 2.52 bits per heavy atom. The number of benzene rings is 2. The highest BCUT2D eigenvalue weighted by molar-refractivity contribution is 6.08. The van der Waals surface area contributed by atoms with Gasteiger partial charge in [-0.2, -0.15) is 0 Å². The molecule has 2 aromatic carbocycles. The first kappa shape index (κ1) is 14.7. The number of fused-ring (bicyclic) bond motifs is 3. The van der Waals surface area contributed by atoms with Crippen molar-refractivity contribution in [2.45, 2.75) is 13.5 Å². The molecular weight excluding hydrogens is 300 g/mol. The number of aromatic nitrogens is 1. The minimum absolute atomic E-state index is 0.177. The van der Waals surface area contributed by atoms with E-state index in [-0.39, 0.29) is 11.2 Å². The number of aryl methyl sites for hydroxylation is 1. The van der Waals surface area contributed by atoms with Crippen LogP contribution in [0.3, 0.4) is 0 Å². The predicted octanol–water partition coefficient (Wildman–Crippen LogP) is 2.46. The molecule has 0 aliphatic rings. The van der Waals surface area contributed by atoms with E-state index in [0.29, 0.717) is 21.7 Å². The number of hydrogen-bond acceptors (Lipinski definition) is 4. The Morgan fingerprint density at radius 1 is 1.26 bits per heavy atom. The lowest BCUT2D eigenvalue weighted by molar-refractivity contribution is -0.384. The summed E-state index contributed by atoms with van der Waals surface area (Å²) in [7, 11) is 0. The summed E-state index contributed by atoms with van der Waals surface area (Å²) >= 11 is 0. The van der Waals surface area contributed by atoms with E-state index in [9.17, 15) is 19.7 Å². The van der Waals surface area contributed by atoms with Gasteiger partial charge in [-0.1, -0.05) is 18.2 Å². The molecule has 0 bridgehead atoms. The van der Waals surface area contributed by atoms with Crippen molar-refractivity contribution >= 4 is 33.3 Å². The number of nitro groups is 1. The maximum atomic E-state index is 12.6. The van der Waals surface area contributed by atoms with Gasteiger partial charge in [0.05, 0.1) is 10.4 Å². The van der Waals surface area contributed by atoms with E-state index in [1.807, 2.05) is 0 Å². The molecule has 3 aromatic rings. The average Bonchev–Trinajstić information content (AvgIpc) is 2.50. The van der Waals surface area contributed by atoms with Crippen LogP contribution in [0.25, 0.3) is 21.7 Å². The Kier molecular flexibility index (Phi) is 3.33. The summed E-state index contributed by atoms with van der Waals surface area (Å²) in [6.07, 6.45) is 0. The van der Waals surface area contributed by atoms with E-state index in [4.69, 9.17) is 5.11 Å². The highest BCUT2D eigenvalue weighted by atomic mass is 16.6. The summed E-state index contributed by atoms with van der Waals surface area (Å²) in [4.78, 5) is 34.2. The highest BCUT2D eigenvalue weighted by Gasteiger charge is 2.18. The topological polar surface area (TPSA) is 102 Å². The summed E-state index contributed by atoms with van der Waals surface area (Å²) in [5.41, 5.74) is 0.214. The molecule has 3 rings (SSSR count). The highest BCUT2D eigenvalue weighted by Crippen LogP contribution is 2.29. The molecule has 7 nitrogen and oxygen atoms in total. The van der Waals surface area contributed by atoms with Gasteiger partial charge >= 0.3 is 5.97 Å². The van der Waals surface area contributed by atoms with Gasteiger partial charge in [0.25, 0.3) is 11.2 Å². The van der Waals surface area contributed by atoms with Crippen molar-refractivity contribution in [3.8, 4) is 0 Å². The fourth-order valence-corrected chi connectivity index (χ4v) is 2.85. The summed E-state index contributed by atoms with van der Waals surface area (Å²) in [5.74, 6) is -1.19. The molecule has 1 aromatic heterocycles. The molecule has 0 atom stereocenters. The van der Waals surface area contributed by atoms with Crippen LogP contribution in [0.15, 0.2) is 41.2 Å². The van der Waals surface area contributed by atoms with Crippen LogP contribution in [0.4, 0.5) is 5.69 Å². The lowest BCUT2D eigenvalue weighted by Gasteiger charge is -2.13. The number of aliphatic carboxylic acids is 1. The van der Waals surface area contributed by atoms with Crippen molar-refractivity contribution in [2.75, 3.05) is 0 Å². The van der Waals surface area contributed by atoms with Gasteiger partial charge < -0.3 is 5.11 Å². The van der Waals surface area contributed by atoms with E-state index in [1.165, 1.54) is 12.1 Å². The van der Waals surface area contributed by atoms with Crippen LogP contribution in [0, 0.1) is 17.0 Å². The molecule has 0 aliphatic carbocycles. The molecule has 0 saturated heterocycles. The van der Waals surface area contributed by atoms with Gasteiger partial charge in [0, 0.05) is 22.9 Å². The molecule has 0 fully saturated rings. The first-order chi connectivity index (χ1) is 10.9. The van der Waals surface area contributed by atoms with Crippen molar-refractivity contribution < 1.29 is 14.8 Å². The van der Waals surface area contributed by atoms with Crippen molar-refractivity contribution in [1.82, 2.24) is 4.57 Å². The van der Waals surface area contributed by atoms with Crippen molar-refractivity contribution in [3.63, 3.8) is 0 Å². The Bertz CT molecular complexity index is 1040. The maximum Gasteiger partial charge on any atom is 0.323 e. The Hall–Kier alpha value is -3.22. The number of pyridine rings is 1. The van der Waals surface area contributed by atoms with Crippen molar-refractivity contribution in [2.24, 2.45) is 0 Å². The normalized spacial score (nSPS) is 11.0. The number of carboxylic acid groups (broad SMARTS) is 1. The van der Waals surface area contributed by atoms with Gasteiger partial charge in [-0.15, -0.1) is 0 Å². The van der Waals surface area contributed by atoms with Crippen LogP contribution < -0.4 is 5.56 Å². The average molecular weight is 312 g/mol. The second kappa shape index (κ2) is 5.20. The molecule has 116 valence electrons. The third-order valence-corrected chi connectivity index (χ3v) is 3.77. The van der Waals surface area contributed by atoms with Crippen LogP contribution >= 0.6 is 0 Å². The summed E-state index contributed by atoms with van der Waals surface area (Å²) in [6.45, 7) is 1.15. The molecule has 0 spiro atoms. The first-order valence-electron chi connectivity index (χ1n) is 6.82. The summed E-state index contributed by atoms with van der Waals surface area (Å²) in [6, 6.07) is 9.51. The SMILES string of the molecule is Cc1cc([N+](=O)[O-])cc2c1c1ccccc1c(=O)n2CC(=O)O. The predicted molar refractivity (Wildman–Crippen MR) is 84.7 cm³/mol. The van der Waals surface area contributed by atoms with Gasteiger partial charge in [-0.3, -0.25) is 24.3 Å². The molecular formula is C16H12N2O5. The third-order valence-electron chi connectivity index (χ3n) is 3.77. The fraction of sp³-hybridized carbons (Fsp3) is 0.125. The van der Waals surface area contributed by atoms with Crippen molar-refractivity contribution in [3.05, 3.63) is 62.4 Å². The Morgan fingerprint density at radius 2 is 1.91 bits per heavy atom. The molecule has 1 heterocycles. The molecule has 0 unspecified atom stereocenters. The van der Waals surface area contributed by atoms with Crippen molar-refractivity contribution in [1.29, 1.82) is 0 Å². The van der Waals surface area contributed by atoms with E-state index < -0.39 is 23.0 Å². The van der Waals surface area contributed by atoms with Crippen LogP contribution in [0.2, 0.25) is 0 Å². The summed E-state index contributed by atoms with van der Waals surface area (Å²) in [5, 5.41) is 21.8. The van der Waals surface area contributed by atoms with E-state index in [1.54, 1.807) is 31.2 Å². The number of hydrogen-bond donors (Lipinski definition) is 1. The molecule has 0 saturated carbocycles. The van der Waals surface area contributed by atoms with E-state index >= 15 is 0 Å². The van der Waals surface area contributed by atoms with Crippen LogP contribution in [0.1, 0.15) is 5.56 Å². The van der Waals surface area contributed by atoms with Gasteiger partial charge in [0.2, 0.25) is 0 Å². The number of non-ortho nitro benzene ring substituents is 1. The maximum absolute atomic E-state index is 12.6. The monoisotopic (exact) mass is 312 g/mol. The van der Waals surface area contributed by atoms with Gasteiger partial charge in [0.15, 0.2) is 0 Å². The number of carbonyl (C=O) groups is 1. The Labute approximate surface area is 129 Å². The number of nitro benzene ring substituents is 1. The standard InChI is InChI=1S/C16H12N2O5/c1-9-6-10(18(22)23)7-13-15(9)11-4-2-3-5-12(11)16(21)17(13)8-14(19)20/h2-7H,8H2,1H3,(H,19,20). The molecule has 7 heteroatoms. The van der Waals surface area contributed by atoms with Crippen LogP contribution in [-0.2, 0) is 11.3 Å². The largest absolute Gasteiger partial charge is 0.480 e. The second-order valence-electron chi connectivity index (χ2n) is 5.24. The number of nitrogens with zero attached hydrogens (tertiary/aromatic N) is 2. The van der Waals surface area contributed by atoms with Crippen LogP contribution in [0.5, 0.6) is 0 Å². The lowest BCUT2D eigenvalue weighted by Crippen LogP contribution is -2.25. The minimum Gasteiger partial charge on any atom is -0.480 e. The molecule has 23 heavy (non-hydrogen) atoms. The Balaban J connectivity index is 2.59. The zero-order valence-corrected chi connectivity index (χ0v) is 12.1. The molecule has 0 aliphatic heterocycles. The second-order valence-corrected chi connectivity index (χ2v) is 5.24. The number of rotatable bonds is 3. The van der Waals surface area contributed by atoms with Crippen LogP contribution in [-0.4, -0.2) is 20.6 Å². The summed E-state index contributed by atoms with van der Waals surface area (Å²) < 4.78 is 1.07. The lowest BCUT2D eigenvalue weighted by atomic mass is 10.0. The fourth-order valence-electron chi connectivity index (χ4n) is 2.85. The van der Waals surface area contributed by atoms with Gasteiger partial charge in [-0.05, 0) is 23.9 Å². The van der Waals surface area contributed by atoms with E-state index in [2.05, 4.69) is 0 Å². The third kappa shape index (κ3) is 2.32. The molecule has 0 radical (unpaired) electrons. The minimum atomic E-state index is -1.19. The zero-order valence-electron chi connectivity index (χ0n) is 12.1. The quantitative estimate of drug-likeness (QED) is 0.454. The molecule has 1 N–H and O–H groups in total.